The van der Waals surface area contributed by atoms with Crippen LogP contribution in [0.2, 0.25) is 0 Å². The van der Waals surface area contributed by atoms with Gasteiger partial charge in [-0.1, -0.05) is 0 Å². The summed E-state index contributed by atoms with van der Waals surface area (Å²) in [6.45, 7) is 0.707. The molecular weight excluding hydrogens is 230 g/mol. The molecule has 0 aliphatic heterocycles. The number of ether oxygens (including phenoxy) is 1. The van der Waals surface area contributed by atoms with Crippen molar-refractivity contribution in [3.63, 3.8) is 0 Å². The number of amides is 1. The Labute approximate surface area is 105 Å². The van der Waals surface area contributed by atoms with Crippen LogP contribution in [-0.4, -0.2) is 17.6 Å². The van der Waals surface area contributed by atoms with E-state index in [1.165, 1.54) is 5.56 Å². The Morgan fingerprint density at radius 1 is 1.33 bits per heavy atom. The van der Waals surface area contributed by atoms with Crippen molar-refractivity contribution < 1.29 is 9.53 Å². The van der Waals surface area contributed by atoms with Crippen LogP contribution in [-0.2, 0) is 6.42 Å². The van der Waals surface area contributed by atoms with Crippen LogP contribution >= 0.6 is 0 Å². The van der Waals surface area contributed by atoms with Crippen LogP contribution in [0, 0.1) is 0 Å². The first kappa shape index (κ1) is 12.4. The summed E-state index contributed by atoms with van der Waals surface area (Å²) in [6, 6.07) is 5.42. The number of carbonyl (C=O) groups excluding carboxylic acids is 1. The standard InChI is InChI=1S/C13H17N3O2/c14-6-2-1-3-9-8-16-12-5-4-10(7-11(9)12)18-13(15)17/h4-5,7-8,16H,1-3,6,14H2,(H2,15,17). The molecule has 2 rings (SSSR count). The van der Waals surface area contributed by atoms with Crippen molar-refractivity contribution in [2.45, 2.75) is 19.3 Å². The van der Waals surface area contributed by atoms with Crippen LogP contribution in [0.3, 0.4) is 0 Å². The van der Waals surface area contributed by atoms with Crippen molar-refractivity contribution in [2.24, 2.45) is 11.5 Å². The molecule has 5 nitrogen and oxygen atoms in total. The molecule has 0 saturated carbocycles. The molecule has 1 heterocycles. The van der Waals surface area contributed by atoms with Gasteiger partial charge in [0, 0.05) is 17.1 Å². The molecular formula is C13H17N3O2. The fourth-order valence-electron chi connectivity index (χ4n) is 2.00. The van der Waals surface area contributed by atoms with Crippen LogP contribution in [0.1, 0.15) is 18.4 Å². The molecule has 1 aromatic heterocycles. The molecule has 5 heteroatoms. The molecule has 0 aliphatic carbocycles. The number of benzene rings is 1. The van der Waals surface area contributed by atoms with E-state index in [0.29, 0.717) is 12.3 Å². The molecule has 0 atom stereocenters. The molecule has 0 bridgehead atoms. The highest BCUT2D eigenvalue weighted by atomic mass is 16.5. The number of nitrogens with two attached hydrogens (primary N) is 2. The first-order chi connectivity index (χ1) is 8.70. The van der Waals surface area contributed by atoms with Crippen molar-refractivity contribution in [2.75, 3.05) is 6.54 Å². The minimum absolute atomic E-state index is 0.467. The molecule has 0 aliphatic rings. The number of fused-ring (bicyclic) bond motifs is 1. The zero-order chi connectivity index (χ0) is 13.0. The number of hydrogen-bond donors (Lipinski definition) is 3. The highest BCUT2D eigenvalue weighted by Gasteiger charge is 2.06. The number of carbonyl (C=O) groups is 1. The van der Waals surface area contributed by atoms with E-state index in [-0.39, 0.29) is 0 Å². The van der Waals surface area contributed by atoms with Gasteiger partial charge in [-0.05, 0) is 49.6 Å². The van der Waals surface area contributed by atoms with Gasteiger partial charge >= 0.3 is 6.09 Å². The van der Waals surface area contributed by atoms with Crippen LogP contribution in [0.15, 0.2) is 24.4 Å². The minimum atomic E-state index is -0.797. The maximum atomic E-state index is 10.7. The third-order valence-corrected chi connectivity index (χ3v) is 2.86. The van der Waals surface area contributed by atoms with E-state index in [1.807, 2.05) is 18.3 Å². The monoisotopic (exact) mass is 247 g/mol. The van der Waals surface area contributed by atoms with Gasteiger partial charge in [0.1, 0.15) is 5.75 Å². The molecule has 5 N–H and O–H groups in total. The van der Waals surface area contributed by atoms with Crippen LogP contribution in [0.4, 0.5) is 4.79 Å². The third-order valence-electron chi connectivity index (χ3n) is 2.86. The second-order valence-electron chi connectivity index (χ2n) is 4.19. The summed E-state index contributed by atoms with van der Waals surface area (Å²) >= 11 is 0. The molecule has 0 unspecified atom stereocenters. The number of hydrogen-bond acceptors (Lipinski definition) is 3. The van der Waals surface area contributed by atoms with E-state index in [2.05, 4.69) is 4.98 Å². The lowest BCUT2D eigenvalue weighted by molar-refractivity contribution is 0.211. The van der Waals surface area contributed by atoms with Crippen LogP contribution in [0.5, 0.6) is 5.75 Å². The number of aromatic amines is 1. The largest absolute Gasteiger partial charge is 0.410 e. The van der Waals surface area contributed by atoms with E-state index in [4.69, 9.17) is 16.2 Å². The van der Waals surface area contributed by atoms with Crippen molar-refractivity contribution in [1.29, 1.82) is 0 Å². The molecule has 1 amide bonds. The first-order valence-corrected chi connectivity index (χ1v) is 5.98. The van der Waals surface area contributed by atoms with Gasteiger partial charge in [-0.3, -0.25) is 0 Å². The predicted octanol–water partition coefficient (Wildman–Crippen LogP) is 1.91. The third kappa shape index (κ3) is 2.81. The van der Waals surface area contributed by atoms with Crippen LogP contribution < -0.4 is 16.2 Å². The Balaban J connectivity index is 2.22. The van der Waals surface area contributed by atoms with Gasteiger partial charge in [0.05, 0.1) is 0 Å². The van der Waals surface area contributed by atoms with Crippen molar-refractivity contribution in [3.8, 4) is 5.75 Å². The van der Waals surface area contributed by atoms with Gasteiger partial charge in [0.15, 0.2) is 0 Å². The van der Waals surface area contributed by atoms with Gasteiger partial charge in [0.25, 0.3) is 0 Å². The van der Waals surface area contributed by atoms with Crippen molar-refractivity contribution >= 4 is 17.0 Å². The predicted molar refractivity (Wildman–Crippen MR) is 70.5 cm³/mol. The highest BCUT2D eigenvalue weighted by molar-refractivity contribution is 5.85. The first-order valence-electron chi connectivity index (χ1n) is 5.98. The summed E-state index contributed by atoms with van der Waals surface area (Å²) in [6.07, 6.45) is 4.19. The summed E-state index contributed by atoms with van der Waals surface area (Å²) in [7, 11) is 0. The lowest BCUT2D eigenvalue weighted by Gasteiger charge is -2.02. The molecule has 96 valence electrons. The van der Waals surface area contributed by atoms with E-state index < -0.39 is 6.09 Å². The zero-order valence-electron chi connectivity index (χ0n) is 10.1. The number of aryl methyl sites for hydroxylation is 1. The fraction of sp³-hybridized carbons (Fsp3) is 0.308. The van der Waals surface area contributed by atoms with Gasteiger partial charge in [-0.2, -0.15) is 0 Å². The number of H-pyrrole nitrogens is 1. The lowest BCUT2D eigenvalue weighted by Crippen LogP contribution is -2.16. The van der Waals surface area contributed by atoms with E-state index in [0.717, 1.165) is 30.2 Å². The number of unbranched alkanes of at least 4 members (excludes halogenated alkanes) is 1. The van der Waals surface area contributed by atoms with Crippen LogP contribution in [0.25, 0.3) is 10.9 Å². The second-order valence-corrected chi connectivity index (χ2v) is 4.19. The second kappa shape index (κ2) is 5.55. The smallest absolute Gasteiger partial charge is 0.409 e. The summed E-state index contributed by atoms with van der Waals surface area (Å²) in [5, 5.41) is 1.06. The quantitative estimate of drug-likeness (QED) is 0.704. The number of rotatable bonds is 5. The lowest BCUT2D eigenvalue weighted by atomic mass is 10.1. The zero-order valence-corrected chi connectivity index (χ0v) is 10.1. The maximum Gasteiger partial charge on any atom is 0.409 e. The Morgan fingerprint density at radius 3 is 2.89 bits per heavy atom. The van der Waals surface area contributed by atoms with Gasteiger partial charge in [-0.25, -0.2) is 4.79 Å². The summed E-state index contributed by atoms with van der Waals surface area (Å²) in [5.74, 6) is 0.467. The molecule has 2 aromatic rings. The number of primary amides is 1. The summed E-state index contributed by atoms with van der Waals surface area (Å²) in [5.41, 5.74) is 12.7. The normalized spacial score (nSPS) is 10.7. The Hall–Kier alpha value is -2.01. The molecule has 0 saturated heterocycles. The molecule has 1 aromatic carbocycles. The average Bonchev–Trinajstić information content (AvgIpc) is 2.72. The van der Waals surface area contributed by atoms with Crippen molar-refractivity contribution in [1.82, 2.24) is 4.98 Å². The molecule has 0 fully saturated rings. The SMILES string of the molecule is NCCCCc1c[nH]c2ccc(OC(N)=O)cc12. The van der Waals surface area contributed by atoms with Gasteiger partial charge in [-0.15, -0.1) is 0 Å². The number of nitrogens with one attached hydrogen (secondary N) is 1. The number of aromatic nitrogens is 1. The van der Waals surface area contributed by atoms with E-state index in [1.54, 1.807) is 6.07 Å². The molecule has 18 heavy (non-hydrogen) atoms. The Morgan fingerprint density at radius 2 is 2.17 bits per heavy atom. The maximum absolute atomic E-state index is 10.7. The summed E-state index contributed by atoms with van der Waals surface area (Å²) in [4.78, 5) is 13.9. The highest BCUT2D eigenvalue weighted by Crippen LogP contribution is 2.24. The average molecular weight is 247 g/mol. The minimum Gasteiger partial charge on any atom is -0.410 e. The molecule has 0 radical (unpaired) electrons. The Kier molecular flexibility index (Phi) is 3.84. The van der Waals surface area contributed by atoms with Gasteiger partial charge < -0.3 is 21.2 Å². The van der Waals surface area contributed by atoms with Crippen molar-refractivity contribution in [3.05, 3.63) is 30.0 Å². The summed E-state index contributed by atoms with van der Waals surface area (Å²) < 4.78 is 4.88. The topological polar surface area (TPSA) is 94.1 Å². The molecule has 0 spiro atoms. The van der Waals surface area contributed by atoms with E-state index >= 15 is 0 Å². The van der Waals surface area contributed by atoms with E-state index in [9.17, 15) is 4.79 Å². The Bertz CT molecular complexity index is 548. The fourth-order valence-corrected chi connectivity index (χ4v) is 2.00. The van der Waals surface area contributed by atoms with Gasteiger partial charge in [0.2, 0.25) is 0 Å².